The van der Waals surface area contributed by atoms with Crippen LogP contribution in [0.25, 0.3) is 10.2 Å². The van der Waals surface area contributed by atoms with Crippen molar-refractivity contribution in [3.05, 3.63) is 88.4 Å². The van der Waals surface area contributed by atoms with E-state index in [4.69, 9.17) is 9.72 Å². The monoisotopic (exact) mass is 473 g/mol. The van der Waals surface area contributed by atoms with Crippen molar-refractivity contribution in [3.63, 3.8) is 0 Å². The summed E-state index contributed by atoms with van der Waals surface area (Å²) in [5.74, 6) is 0.699. The number of rotatable bonds is 8. The molecule has 1 aliphatic heterocycles. The molecule has 8 heteroatoms. The van der Waals surface area contributed by atoms with Gasteiger partial charge in [0.2, 0.25) is 0 Å². The molecule has 0 atom stereocenters. The highest BCUT2D eigenvalue weighted by molar-refractivity contribution is 7.16. The molecular formula is C26H27N5O2S. The van der Waals surface area contributed by atoms with Gasteiger partial charge in [0.15, 0.2) is 0 Å². The minimum absolute atomic E-state index is 0.0526. The number of nitrogens with zero attached hydrogens (tertiary/aromatic N) is 4. The first-order valence-corrected chi connectivity index (χ1v) is 12.4. The molecule has 0 radical (unpaired) electrons. The number of aromatic nitrogens is 3. The second-order valence-electron chi connectivity index (χ2n) is 8.38. The molecule has 0 spiro atoms. The second kappa shape index (κ2) is 10.8. The van der Waals surface area contributed by atoms with Gasteiger partial charge in [0.05, 0.1) is 28.9 Å². The minimum atomic E-state index is -0.0526. The van der Waals surface area contributed by atoms with Crippen LogP contribution in [-0.2, 0) is 17.6 Å². The molecular weight excluding hydrogens is 446 g/mol. The Balaban J connectivity index is 1.19. The molecule has 3 heterocycles. The van der Waals surface area contributed by atoms with Gasteiger partial charge >= 0.3 is 0 Å². The van der Waals surface area contributed by atoms with E-state index in [0.29, 0.717) is 18.5 Å². The number of hydrogen-bond donors (Lipinski definition) is 1. The largest absolute Gasteiger partial charge is 0.379 e. The highest BCUT2D eigenvalue weighted by atomic mass is 32.1. The zero-order valence-corrected chi connectivity index (χ0v) is 19.8. The Kier molecular flexibility index (Phi) is 7.19. The predicted molar refractivity (Wildman–Crippen MR) is 133 cm³/mol. The fraction of sp³-hybridized carbons (Fsp3) is 0.308. The molecule has 0 unspecified atom stereocenters. The SMILES string of the molecule is O=C(NCCN1CCOCC1)c1cccc(Cc2nccc(Cc3ccc4ncsc4c3)n2)c1. The van der Waals surface area contributed by atoms with Crippen molar-refractivity contribution in [2.75, 3.05) is 39.4 Å². The molecule has 1 aliphatic rings. The van der Waals surface area contributed by atoms with Gasteiger partial charge < -0.3 is 10.1 Å². The van der Waals surface area contributed by atoms with Gasteiger partial charge in [0.1, 0.15) is 5.82 Å². The molecule has 0 aliphatic carbocycles. The lowest BCUT2D eigenvalue weighted by Gasteiger charge is -2.26. The van der Waals surface area contributed by atoms with E-state index in [1.165, 1.54) is 10.3 Å². The fourth-order valence-corrected chi connectivity index (χ4v) is 4.84. The van der Waals surface area contributed by atoms with Crippen molar-refractivity contribution in [1.82, 2.24) is 25.2 Å². The van der Waals surface area contributed by atoms with Gasteiger partial charge in [0.25, 0.3) is 5.91 Å². The minimum Gasteiger partial charge on any atom is -0.379 e. The molecule has 1 saturated heterocycles. The maximum Gasteiger partial charge on any atom is 0.251 e. The summed E-state index contributed by atoms with van der Waals surface area (Å²) in [5, 5.41) is 3.03. The second-order valence-corrected chi connectivity index (χ2v) is 9.27. The number of carbonyl (C=O) groups excluding carboxylic acids is 1. The summed E-state index contributed by atoms with van der Waals surface area (Å²) in [6.07, 6.45) is 3.14. The van der Waals surface area contributed by atoms with Crippen LogP contribution in [-0.4, -0.2) is 65.2 Å². The van der Waals surface area contributed by atoms with Crippen LogP contribution in [0.3, 0.4) is 0 Å². The quantitative estimate of drug-likeness (QED) is 0.423. The number of benzene rings is 2. The van der Waals surface area contributed by atoms with E-state index in [1.54, 1.807) is 11.3 Å². The van der Waals surface area contributed by atoms with Crippen LogP contribution in [0.15, 0.2) is 60.2 Å². The molecule has 2 aromatic carbocycles. The lowest BCUT2D eigenvalue weighted by atomic mass is 10.1. The van der Waals surface area contributed by atoms with Crippen molar-refractivity contribution < 1.29 is 9.53 Å². The number of thiazole rings is 1. The summed E-state index contributed by atoms with van der Waals surface area (Å²) in [6.45, 7) is 4.84. The number of morpholine rings is 1. The van der Waals surface area contributed by atoms with Gasteiger partial charge in [0, 0.05) is 56.5 Å². The van der Waals surface area contributed by atoms with Crippen LogP contribution in [0.2, 0.25) is 0 Å². The lowest BCUT2D eigenvalue weighted by molar-refractivity contribution is 0.0383. The average Bonchev–Trinajstić information content (AvgIpc) is 3.33. The Bertz CT molecular complexity index is 1270. The summed E-state index contributed by atoms with van der Waals surface area (Å²) in [4.78, 5) is 28.5. The standard InChI is InChI=1S/C26H27N5O2S/c32-26(28-8-9-31-10-12-33-13-11-31)21-3-1-2-19(14-21)17-25-27-7-6-22(30-25)15-20-4-5-23-24(16-20)34-18-29-23/h1-7,14,16,18H,8-13,15,17H2,(H,28,32). The first-order valence-electron chi connectivity index (χ1n) is 11.5. The molecule has 1 fully saturated rings. The molecule has 1 amide bonds. The van der Waals surface area contributed by atoms with E-state index >= 15 is 0 Å². The third-order valence-electron chi connectivity index (χ3n) is 5.91. The third kappa shape index (κ3) is 5.83. The predicted octanol–water partition coefficient (Wildman–Crippen LogP) is 3.33. The lowest BCUT2D eigenvalue weighted by Crippen LogP contribution is -2.41. The van der Waals surface area contributed by atoms with Crippen molar-refractivity contribution in [2.24, 2.45) is 0 Å². The summed E-state index contributed by atoms with van der Waals surface area (Å²) in [7, 11) is 0. The highest BCUT2D eigenvalue weighted by Crippen LogP contribution is 2.20. The third-order valence-corrected chi connectivity index (χ3v) is 6.70. The van der Waals surface area contributed by atoms with Crippen LogP contribution in [0.4, 0.5) is 0 Å². The molecule has 7 nitrogen and oxygen atoms in total. The Morgan fingerprint density at radius 3 is 2.82 bits per heavy atom. The molecule has 174 valence electrons. The molecule has 34 heavy (non-hydrogen) atoms. The Morgan fingerprint density at radius 1 is 1.03 bits per heavy atom. The van der Waals surface area contributed by atoms with E-state index in [-0.39, 0.29) is 5.91 Å². The molecule has 5 rings (SSSR count). The fourth-order valence-electron chi connectivity index (χ4n) is 4.10. The number of fused-ring (bicyclic) bond motifs is 1. The Labute approximate surface area is 202 Å². The van der Waals surface area contributed by atoms with Gasteiger partial charge in [-0.3, -0.25) is 9.69 Å². The van der Waals surface area contributed by atoms with E-state index in [0.717, 1.165) is 61.9 Å². The van der Waals surface area contributed by atoms with Crippen LogP contribution < -0.4 is 5.32 Å². The molecule has 0 bridgehead atoms. The van der Waals surface area contributed by atoms with Crippen molar-refractivity contribution >= 4 is 27.5 Å². The zero-order chi connectivity index (χ0) is 23.2. The number of nitrogens with one attached hydrogen (secondary N) is 1. The summed E-state index contributed by atoms with van der Waals surface area (Å²) < 4.78 is 6.55. The molecule has 1 N–H and O–H groups in total. The van der Waals surface area contributed by atoms with Crippen LogP contribution in [0, 0.1) is 0 Å². The van der Waals surface area contributed by atoms with Gasteiger partial charge in [-0.15, -0.1) is 11.3 Å². The normalized spacial score (nSPS) is 14.4. The maximum atomic E-state index is 12.6. The summed E-state index contributed by atoms with van der Waals surface area (Å²) >= 11 is 1.65. The molecule has 2 aromatic heterocycles. The first kappa shape index (κ1) is 22.6. The number of amides is 1. The topological polar surface area (TPSA) is 80.2 Å². The van der Waals surface area contributed by atoms with Gasteiger partial charge in [-0.1, -0.05) is 18.2 Å². The van der Waals surface area contributed by atoms with E-state index in [2.05, 4.69) is 38.4 Å². The Hall–Kier alpha value is -3.20. The maximum absolute atomic E-state index is 12.6. The number of hydrogen-bond acceptors (Lipinski definition) is 7. The van der Waals surface area contributed by atoms with E-state index in [1.807, 2.05) is 42.0 Å². The van der Waals surface area contributed by atoms with Crippen LogP contribution in [0.5, 0.6) is 0 Å². The molecule has 4 aromatic rings. The van der Waals surface area contributed by atoms with Crippen LogP contribution >= 0.6 is 11.3 Å². The van der Waals surface area contributed by atoms with Gasteiger partial charge in [-0.2, -0.15) is 0 Å². The highest BCUT2D eigenvalue weighted by Gasteiger charge is 2.12. The van der Waals surface area contributed by atoms with Gasteiger partial charge in [-0.05, 0) is 41.5 Å². The zero-order valence-electron chi connectivity index (χ0n) is 18.9. The van der Waals surface area contributed by atoms with Crippen molar-refractivity contribution in [2.45, 2.75) is 12.8 Å². The Morgan fingerprint density at radius 2 is 1.91 bits per heavy atom. The summed E-state index contributed by atoms with van der Waals surface area (Å²) in [6, 6.07) is 16.0. The number of carbonyl (C=O) groups is 1. The van der Waals surface area contributed by atoms with Gasteiger partial charge in [-0.25, -0.2) is 15.0 Å². The van der Waals surface area contributed by atoms with Crippen LogP contribution in [0.1, 0.15) is 33.0 Å². The van der Waals surface area contributed by atoms with Crippen molar-refractivity contribution in [1.29, 1.82) is 0 Å². The molecule has 0 saturated carbocycles. The van der Waals surface area contributed by atoms with Crippen molar-refractivity contribution in [3.8, 4) is 0 Å². The smallest absolute Gasteiger partial charge is 0.251 e. The van der Waals surface area contributed by atoms with E-state index < -0.39 is 0 Å². The first-order chi connectivity index (χ1) is 16.7. The average molecular weight is 474 g/mol. The number of ether oxygens (including phenoxy) is 1. The summed E-state index contributed by atoms with van der Waals surface area (Å²) in [5.41, 5.74) is 6.76. The van der Waals surface area contributed by atoms with E-state index in [9.17, 15) is 4.79 Å².